The normalized spacial score (nSPS) is 14.8. The molecule has 0 unspecified atom stereocenters. The lowest BCUT2D eigenvalue weighted by atomic mass is 9.82. The molecule has 0 saturated heterocycles. The van der Waals surface area contributed by atoms with Gasteiger partial charge in [0.15, 0.2) is 0 Å². The number of hydrogen-bond acceptors (Lipinski definition) is 3. The lowest BCUT2D eigenvalue weighted by molar-refractivity contribution is 0.596. The zero-order valence-corrected chi connectivity index (χ0v) is 26.2. The molecule has 0 radical (unpaired) electrons. The third kappa shape index (κ3) is 4.49. The van der Waals surface area contributed by atoms with Crippen molar-refractivity contribution in [1.29, 1.82) is 0 Å². The molecule has 1 aliphatic carbocycles. The van der Waals surface area contributed by atoms with E-state index in [4.69, 9.17) is 9.97 Å². The average Bonchev–Trinajstić information content (AvgIpc) is 3.32. The molecule has 0 fully saturated rings. The molecule has 1 aliphatic rings. The molecule has 0 amide bonds. The van der Waals surface area contributed by atoms with Crippen molar-refractivity contribution < 1.29 is 0 Å². The number of hydrogen-bond donors (Lipinski definition) is 0. The van der Waals surface area contributed by atoms with Crippen molar-refractivity contribution in [3.63, 3.8) is 0 Å². The summed E-state index contributed by atoms with van der Waals surface area (Å²) in [6.45, 7) is 20.6. The van der Waals surface area contributed by atoms with Crippen LogP contribution in [-0.4, -0.2) is 9.97 Å². The summed E-state index contributed by atoms with van der Waals surface area (Å²) in [5.41, 5.74) is 12.2. The zero-order valence-electron chi connectivity index (χ0n) is 25.4. The number of aryl methyl sites for hydroxylation is 1. The van der Waals surface area contributed by atoms with Crippen molar-refractivity contribution in [3.05, 3.63) is 88.1 Å². The van der Waals surface area contributed by atoms with E-state index in [1.165, 1.54) is 59.4 Å². The molecule has 0 N–H and O–H groups in total. The van der Waals surface area contributed by atoms with E-state index < -0.39 is 0 Å². The summed E-state index contributed by atoms with van der Waals surface area (Å²) in [5, 5.41) is 2.63. The molecule has 0 atom stereocenters. The van der Waals surface area contributed by atoms with Crippen molar-refractivity contribution in [1.82, 2.24) is 9.97 Å². The number of nitrogens with zero attached hydrogens (tertiary/aromatic N) is 2. The Labute approximate surface area is 243 Å². The minimum absolute atomic E-state index is 0.00989. The van der Waals surface area contributed by atoms with E-state index in [0.717, 1.165) is 23.2 Å². The SMILES string of the molecule is CC1=CC(C)(C)c2nc(-c3cc(C(C)(C)C)c4cccnc4c3)cc(-c3ccc4c(CC(C)C)c(C)sc4c3)c21. The standard InChI is InChI=1S/C37H40N2S/c1-21(2)15-28-23(4)40-33-18-24(12-13-26(28)33)29-19-31(39-35-34(29)22(3)20-37(35,8)9)25-16-30(36(5,6)7)27-11-10-14-38-32(27)17-25/h10-14,16-21H,15H2,1-9H3. The van der Waals surface area contributed by atoms with E-state index in [1.807, 2.05) is 23.6 Å². The van der Waals surface area contributed by atoms with Crippen LogP contribution in [0.15, 0.2) is 60.8 Å². The van der Waals surface area contributed by atoms with E-state index in [9.17, 15) is 0 Å². The lowest BCUT2D eigenvalue weighted by Crippen LogP contribution is -2.15. The predicted molar refractivity (Wildman–Crippen MR) is 174 cm³/mol. The predicted octanol–water partition coefficient (Wildman–Crippen LogP) is 10.7. The van der Waals surface area contributed by atoms with E-state index in [1.54, 1.807) is 0 Å². The lowest BCUT2D eigenvalue weighted by Gasteiger charge is -2.23. The number of benzene rings is 2. The van der Waals surface area contributed by atoms with Gasteiger partial charge in [-0.25, -0.2) is 0 Å². The van der Waals surface area contributed by atoms with Crippen LogP contribution in [0.25, 0.3) is 48.9 Å². The van der Waals surface area contributed by atoms with Gasteiger partial charge in [-0.3, -0.25) is 9.97 Å². The van der Waals surface area contributed by atoms with E-state index >= 15 is 0 Å². The van der Waals surface area contributed by atoms with Gasteiger partial charge in [0.25, 0.3) is 0 Å². The molecule has 3 aromatic heterocycles. The fraction of sp³-hybridized carbons (Fsp3) is 0.351. The smallest absolute Gasteiger partial charge is 0.0713 e. The first-order valence-electron chi connectivity index (χ1n) is 14.5. The number of fused-ring (bicyclic) bond motifs is 3. The summed E-state index contributed by atoms with van der Waals surface area (Å²) in [4.78, 5) is 11.6. The van der Waals surface area contributed by atoms with Gasteiger partial charge in [0.05, 0.1) is 16.9 Å². The van der Waals surface area contributed by atoms with E-state index in [2.05, 4.69) is 111 Å². The highest BCUT2D eigenvalue weighted by Gasteiger charge is 2.33. The molecule has 2 nitrogen and oxygen atoms in total. The number of rotatable bonds is 4. The summed E-state index contributed by atoms with van der Waals surface area (Å²) in [6.07, 6.45) is 5.40. The van der Waals surface area contributed by atoms with Crippen molar-refractivity contribution in [2.45, 2.75) is 79.6 Å². The fourth-order valence-corrected chi connectivity index (χ4v) is 7.65. The first kappa shape index (κ1) is 26.9. The Morgan fingerprint density at radius 2 is 1.70 bits per heavy atom. The molecule has 0 bridgehead atoms. The average molecular weight is 545 g/mol. The van der Waals surface area contributed by atoms with E-state index in [-0.39, 0.29) is 10.8 Å². The second-order valence-electron chi connectivity index (χ2n) is 13.6. The molecule has 40 heavy (non-hydrogen) atoms. The van der Waals surface area contributed by atoms with Crippen molar-refractivity contribution in [3.8, 4) is 22.4 Å². The Morgan fingerprint density at radius 3 is 2.42 bits per heavy atom. The zero-order chi connectivity index (χ0) is 28.6. The van der Waals surface area contributed by atoms with Crippen molar-refractivity contribution in [2.24, 2.45) is 5.92 Å². The van der Waals surface area contributed by atoms with Crippen molar-refractivity contribution in [2.75, 3.05) is 0 Å². The minimum Gasteiger partial charge on any atom is -0.256 e. The minimum atomic E-state index is -0.125. The van der Waals surface area contributed by atoms with Gasteiger partial charge >= 0.3 is 0 Å². The van der Waals surface area contributed by atoms with Crippen LogP contribution in [0.5, 0.6) is 0 Å². The van der Waals surface area contributed by atoms with Crippen LogP contribution in [-0.2, 0) is 17.3 Å². The summed E-state index contributed by atoms with van der Waals surface area (Å²) >= 11 is 1.93. The topological polar surface area (TPSA) is 25.8 Å². The van der Waals surface area contributed by atoms with Gasteiger partial charge in [0.1, 0.15) is 0 Å². The maximum Gasteiger partial charge on any atom is 0.0713 e. The number of pyridine rings is 2. The Morgan fingerprint density at radius 1 is 0.925 bits per heavy atom. The molecule has 0 aliphatic heterocycles. The molecule has 204 valence electrons. The molecule has 2 aromatic carbocycles. The van der Waals surface area contributed by atoms with Gasteiger partial charge in [-0.1, -0.05) is 72.7 Å². The van der Waals surface area contributed by atoms with Gasteiger partial charge in [0.2, 0.25) is 0 Å². The Bertz CT molecular complexity index is 1830. The highest BCUT2D eigenvalue weighted by atomic mass is 32.1. The third-order valence-electron chi connectivity index (χ3n) is 8.34. The molecule has 3 heteroatoms. The van der Waals surface area contributed by atoms with Gasteiger partial charge in [-0.15, -0.1) is 11.3 Å². The molecule has 6 rings (SSSR count). The molecule has 5 aromatic rings. The maximum atomic E-state index is 5.38. The summed E-state index contributed by atoms with van der Waals surface area (Å²) in [5.74, 6) is 0.645. The third-order valence-corrected chi connectivity index (χ3v) is 9.45. The Kier molecular flexibility index (Phi) is 6.31. The van der Waals surface area contributed by atoms with E-state index in [0.29, 0.717) is 5.92 Å². The van der Waals surface area contributed by atoms with Crippen LogP contribution in [0.2, 0.25) is 0 Å². The second kappa shape index (κ2) is 9.38. The van der Waals surface area contributed by atoms with Crippen LogP contribution in [0, 0.1) is 12.8 Å². The molecular formula is C37H40N2S. The Balaban J connectivity index is 1.60. The summed E-state index contributed by atoms with van der Waals surface area (Å²) < 4.78 is 1.38. The fourth-order valence-electron chi connectivity index (χ4n) is 6.52. The highest BCUT2D eigenvalue weighted by Crippen LogP contribution is 2.47. The number of allylic oxidation sites excluding steroid dienone is 2. The molecule has 0 spiro atoms. The molecule has 3 heterocycles. The van der Waals surface area contributed by atoms with Crippen LogP contribution in [0.4, 0.5) is 0 Å². The first-order chi connectivity index (χ1) is 18.8. The summed E-state index contributed by atoms with van der Waals surface area (Å²) in [7, 11) is 0. The maximum absolute atomic E-state index is 5.38. The number of thiophene rings is 1. The largest absolute Gasteiger partial charge is 0.256 e. The van der Waals surface area contributed by atoms with Crippen LogP contribution in [0.1, 0.15) is 82.7 Å². The van der Waals surface area contributed by atoms with Crippen molar-refractivity contribution >= 4 is 37.9 Å². The first-order valence-corrected chi connectivity index (χ1v) is 15.3. The summed E-state index contributed by atoms with van der Waals surface area (Å²) in [6, 6.07) is 18.2. The molecular weight excluding hydrogens is 504 g/mol. The monoisotopic (exact) mass is 544 g/mol. The van der Waals surface area contributed by atoms with Gasteiger partial charge < -0.3 is 0 Å². The number of aromatic nitrogens is 2. The van der Waals surface area contributed by atoms with Gasteiger partial charge in [-0.05, 0) is 95.1 Å². The highest BCUT2D eigenvalue weighted by molar-refractivity contribution is 7.19. The van der Waals surface area contributed by atoms with Gasteiger partial charge in [0, 0.05) is 37.7 Å². The van der Waals surface area contributed by atoms with Crippen LogP contribution < -0.4 is 0 Å². The second-order valence-corrected chi connectivity index (χ2v) is 14.9. The van der Waals surface area contributed by atoms with Crippen LogP contribution in [0.3, 0.4) is 0 Å². The molecule has 0 saturated carbocycles. The van der Waals surface area contributed by atoms with Crippen LogP contribution >= 0.6 is 11.3 Å². The Hall–Kier alpha value is -3.30. The van der Waals surface area contributed by atoms with Gasteiger partial charge in [-0.2, -0.15) is 0 Å². The quantitative estimate of drug-likeness (QED) is 0.225.